The fraction of sp³-hybridized carbons (Fsp3) is 0.231. The first-order valence-corrected chi connectivity index (χ1v) is 10.9. The summed E-state index contributed by atoms with van der Waals surface area (Å²) in [6.07, 6.45) is 5.97. The molecule has 3 heterocycles. The summed E-state index contributed by atoms with van der Waals surface area (Å²) in [5, 5.41) is 4.72. The highest BCUT2D eigenvalue weighted by Crippen LogP contribution is 2.31. The van der Waals surface area contributed by atoms with Crippen LogP contribution in [0.15, 0.2) is 79.1 Å². The number of fused-ring (bicyclic) bond motifs is 1. The molecule has 5 nitrogen and oxygen atoms in total. The van der Waals surface area contributed by atoms with Crippen LogP contribution in [0.4, 0.5) is 5.82 Å². The SMILES string of the molecule is O=C(c1ccc(NCC(c2ccccc2)c2c[nH]c3ccccc23)nc1)N1CCCC1. The molecule has 0 bridgehead atoms. The van der Waals surface area contributed by atoms with Gasteiger partial charge >= 0.3 is 0 Å². The molecule has 1 aliphatic heterocycles. The molecule has 1 unspecified atom stereocenters. The Morgan fingerprint density at radius 3 is 2.55 bits per heavy atom. The number of nitrogens with zero attached hydrogens (tertiary/aromatic N) is 2. The number of rotatable bonds is 6. The molecule has 0 aliphatic carbocycles. The van der Waals surface area contributed by atoms with E-state index in [9.17, 15) is 4.79 Å². The number of hydrogen-bond donors (Lipinski definition) is 2. The van der Waals surface area contributed by atoms with Crippen molar-refractivity contribution in [2.24, 2.45) is 0 Å². The molecule has 5 heteroatoms. The largest absolute Gasteiger partial charge is 0.369 e. The molecule has 0 radical (unpaired) electrons. The van der Waals surface area contributed by atoms with Crippen molar-refractivity contribution in [2.45, 2.75) is 18.8 Å². The average molecular weight is 411 g/mol. The maximum absolute atomic E-state index is 12.6. The summed E-state index contributed by atoms with van der Waals surface area (Å²) in [5.41, 5.74) is 4.31. The van der Waals surface area contributed by atoms with Gasteiger partial charge in [-0.1, -0.05) is 48.5 Å². The van der Waals surface area contributed by atoms with E-state index in [0.717, 1.165) is 37.3 Å². The van der Waals surface area contributed by atoms with Crippen molar-refractivity contribution in [1.29, 1.82) is 0 Å². The molecule has 1 aliphatic rings. The van der Waals surface area contributed by atoms with E-state index in [1.807, 2.05) is 29.2 Å². The third kappa shape index (κ3) is 4.04. The number of carbonyl (C=O) groups excluding carboxylic acids is 1. The second-order valence-corrected chi connectivity index (χ2v) is 8.07. The van der Waals surface area contributed by atoms with Gasteiger partial charge in [0.15, 0.2) is 0 Å². The highest BCUT2D eigenvalue weighted by molar-refractivity contribution is 5.94. The number of likely N-dealkylation sites (tertiary alicyclic amines) is 1. The minimum absolute atomic E-state index is 0.0810. The van der Waals surface area contributed by atoms with E-state index in [1.54, 1.807) is 6.20 Å². The number of hydrogen-bond acceptors (Lipinski definition) is 3. The number of H-pyrrole nitrogens is 1. The average Bonchev–Trinajstić information content (AvgIpc) is 3.51. The van der Waals surface area contributed by atoms with Crippen LogP contribution in [0.25, 0.3) is 10.9 Å². The maximum atomic E-state index is 12.6. The highest BCUT2D eigenvalue weighted by Gasteiger charge is 2.20. The fourth-order valence-corrected chi connectivity index (χ4v) is 4.41. The molecule has 156 valence electrons. The Hall–Kier alpha value is -3.60. The summed E-state index contributed by atoms with van der Waals surface area (Å²) in [4.78, 5) is 22.4. The first-order valence-electron chi connectivity index (χ1n) is 10.9. The predicted octanol–water partition coefficient (Wildman–Crippen LogP) is 5.04. The van der Waals surface area contributed by atoms with Crippen LogP contribution in [0.5, 0.6) is 0 Å². The van der Waals surface area contributed by atoms with Crippen LogP contribution in [0.3, 0.4) is 0 Å². The zero-order valence-electron chi connectivity index (χ0n) is 17.4. The summed E-state index contributed by atoms with van der Waals surface area (Å²) in [5.74, 6) is 1.03. The molecule has 1 saturated heterocycles. The van der Waals surface area contributed by atoms with Crippen molar-refractivity contribution in [1.82, 2.24) is 14.9 Å². The molecule has 31 heavy (non-hydrogen) atoms. The van der Waals surface area contributed by atoms with Crippen LogP contribution < -0.4 is 5.32 Å². The van der Waals surface area contributed by atoms with E-state index in [0.29, 0.717) is 12.1 Å². The summed E-state index contributed by atoms with van der Waals surface area (Å²) in [6, 6.07) is 22.7. The van der Waals surface area contributed by atoms with E-state index in [4.69, 9.17) is 0 Å². The minimum Gasteiger partial charge on any atom is -0.369 e. The molecule has 1 amide bonds. The lowest BCUT2D eigenvalue weighted by Gasteiger charge is -2.19. The van der Waals surface area contributed by atoms with Crippen LogP contribution in [-0.2, 0) is 0 Å². The molecule has 2 N–H and O–H groups in total. The molecule has 0 saturated carbocycles. The van der Waals surface area contributed by atoms with Gasteiger partial charge in [0.25, 0.3) is 5.91 Å². The molecule has 1 fully saturated rings. The summed E-state index contributed by atoms with van der Waals surface area (Å²) in [7, 11) is 0. The highest BCUT2D eigenvalue weighted by atomic mass is 16.2. The first kappa shape index (κ1) is 19.4. The Balaban J connectivity index is 1.36. The van der Waals surface area contributed by atoms with Crippen LogP contribution in [0.2, 0.25) is 0 Å². The third-order valence-electron chi connectivity index (χ3n) is 6.09. The van der Waals surface area contributed by atoms with Gasteiger partial charge in [0.2, 0.25) is 0 Å². The Morgan fingerprint density at radius 1 is 1.00 bits per heavy atom. The van der Waals surface area contributed by atoms with Crippen molar-refractivity contribution in [3.8, 4) is 0 Å². The van der Waals surface area contributed by atoms with E-state index < -0.39 is 0 Å². The van der Waals surface area contributed by atoms with E-state index in [-0.39, 0.29) is 11.8 Å². The van der Waals surface area contributed by atoms with Gasteiger partial charge in [0.1, 0.15) is 5.82 Å². The van der Waals surface area contributed by atoms with E-state index in [2.05, 4.69) is 63.9 Å². The number of carbonyl (C=O) groups is 1. The van der Waals surface area contributed by atoms with Crippen LogP contribution in [0.1, 0.15) is 40.2 Å². The second-order valence-electron chi connectivity index (χ2n) is 8.07. The van der Waals surface area contributed by atoms with E-state index >= 15 is 0 Å². The van der Waals surface area contributed by atoms with Crippen molar-refractivity contribution in [2.75, 3.05) is 25.0 Å². The smallest absolute Gasteiger partial charge is 0.255 e. The Morgan fingerprint density at radius 2 is 1.77 bits per heavy atom. The van der Waals surface area contributed by atoms with Crippen molar-refractivity contribution >= 4 is 22.6 Å². The van der Waals surface area contributed by atoms with Gasteiger partial charge in [-0.05, 0) is 42.2 Å². The van der Waals surface area contributed by atoms with Crippen LogP contribution in [-0.4, -0.2) is 40.4 Å². The number of nitrogens with one attached hydrogen (secondary N) is 2. The van der Waals surface area contributed by atoms with Crippen molar-refractivity contribution in [3.05, 3.63) is 95.8 Å². The van der Waals surface area contributed by atoms with E-state index in [1.165, 1.54) is 16.5 Å². The Labute approximate surface area is 182 Å². The van der Waals surface area contributed by atoms with Crippen LogP contribution >= 0.6 is 0 Å². The lowest BCUT2D eigenvalue weighted by molar-refractivity contribution is 0.0792. The number of aromatic nitrogens is 2. The molecular formula is C26H26N4O. The van der Waals surface area contributed by atoms with Gasteiger partial charge in [0, 0.05) is 48.8 Å². The standard InChI is InChI=1S/C26H26N4O/c31-26(30-14-6-7-15-30)20-12-13-25(28-16-20)29-17-22(19-8-2-1-3-9-19)23-18-27-24-11-5-4-10-21(23)24/h1-5,8-13,16,18,22,27H,6-7,14-15,17H2,(H,28,29). The number of anilines is 1. The van der Waals surface area contributed by atoms with Gasteiger partial charge in [-0.2, -0.15) is 0 Å². The minimum atomic E-state index is 0.0810. The monoisotopic (exact) mass is 410 g/mol. The topological polar surface area (TPSA) is 61.0 Å². The van der Waals surface area contributed by atoms with Gasteiger partial charge in [-0.3, -0.25) is 4.79 Å². The fourth-order valence-electron chi connectivity index (χ4n) is 4.41. The van der Waals surface area contributed by atoms with Gasteiger partial charge < -0.3 is 15.2 Å². The zero-order valence-corrected chi connectivity index (χ0v) is 17.4. The lowest BCUT2D eigenvalue weighted by atomic mass is 9.91. The molecule has 5 rings (SSSR count). The summed E-state index contributed by atoms with van der Waals surface area (Å²) >= 11 is 0. The number of pyridine rings is 1. The number of para-hydroxylation sites is 1. The Kier molecular flexibility index (Phi) is 5.40. The maximum Gasteiger partial charge on any atom is 0.255 e. The summed E-state index contributed by atoms with van der Waals surface area (Å²) < 4.78 is 0. The van der Waals surface area contributed by atoms with Gasteiger partial charge in [-0.25, -0.2) is 4.98 Å². The second kappa shape index (κ2) is 8.64. The van der Waals surface area contributed by atoms with Crippen LogP contribution in [0, 0.1) is 0 Å². The lowest BCUT2D eigenvalue weighted by Crippen LogP contribution is -2.27. The van der Waals surface area contributed by atoms with Crippen molar-refractivity contribution < 1.29 is 4.79 Å². The predicted molar refractivity (Wildman–Crippen MR) is 124 cm³/mol. The molecule has 2 aromatic heterocycles. The quantitative estimate of drug-likeness (QED) is 0.468. The normalized spacial score (nSPS) is 14.6. The van der Waals surface area contributed by atoms with Gasteiger partial charge in [0.05, 0.1) is 5.56 Å². The number of benzene rings is 2. The molecule has 1 atom stereocenters. The number of aromatic amines is 1. The zero-order chi connectivity index (χ0) is 21.0. The van der Waals surface area contributed by atoms with Gasteiger partial charge in [-0.15, -0.1) is 0 Å². The molecule has 2 aromatic carbocycles. The van der Waals surface area contributed by atoms with Crippen molar-refractivity contribution in [3.63, 3.8) is 0 Å². The summed E-state index contributed by atoms with van der Waals surface area (Å²) in [6.45, 7) is 2.41. The molecular weight excluding hydrogens is 384 g/mol. The first-order chi connectivity index (χ1) is 15.3. The molecule has 0 spiro atoms. The third-order valence-corrected chi connectivity index (χ3v) is 6.09. The number of amides is 1. The molecule has 4 aromatic rings. The Bertz CT molecular complexity index is 1160.